The van der Waals surface area contributed by atoms with Crippen molar-refractivity contribution in [2.45, 2.75) is 6.92 Å². The summed E-state index contributed by atoms with van der Waals surface area (Å²) < 4.78 is 4.81. The van der Waals surface area contributed by atoms with E-state index in [4.69, 9.17) is 4.74 Å². The van der Waals surface area contributed by atoms with Crippen LogP contribution in [-0.4, -0.2) is 25.7 Å². The molecule has 0 aromatic heterocycles. The summed E-state index contributed by atoms with van der Waals surface area (Å²) in [6.07, 6.45) is -0.550. The molecule has 2 aromatic rings. The second-order valence-electron chi connectivity index (χ2n) is 4.76. The number of hydrazine groups is 1. The van der Waals surface area contributed by atoms with E-state index < -0.39 is 6.09 Å². The largest absolute Gasteiger partial charge is 0.450 e. The van der Waals surface area contributed by atoms with Crippen molar-refractivity contribution in [1.82, 2.24) is 5.43 Å². The van der Waals surface area contributed by atoms with E-state index in [2.05, 4.69) is 10.7 Å². The molecule has 2 aromatic carbocycles. The van der Waals surface area contributed by atoms with Crippen molar-refractivity contribution in [2.24, 2.45) is 0 Å². The summed E-state index contributed by atoms with van der Waals surface area (Å²) in [7, 11) is 1.76. The zero-order valence-corrected chi connectivity index (χ0v) is 13.1. The second-order valence-corrected chi connectivity index (χ2v) is 4.76. The Labute approximate surface area is 135 Å². The highest BCUT2D eigenvalue weighted by Gasteiger charge is 2.10. The van der Waals surface area contributed by atoms with E-state index in [0.29, 0.717) is 11.3 Å². The van der Waals surface area contributed by atoms with Crippen molar-refractivity contribution in [3.63, 3.8) is 0 Å². The number of carbonyl (C=O) groups is 2. The third kappa shape index (κ3) is 4.74. The molecule has 0 spiro atoms. The van der Waals surface area contributed by atoms with E-state index in [1.54, 1.807) is 43.2 Å². The Bertz CT molecular complexity index is 674. The lowest BCUT2D eigenvalue weighted by molar-refractivity contribution is 0.0951. The van der Waals surface area contributed by atoms with Crippen LogP contribution in [0.2, 0.25) is 0 Å². The highest BCUT2D eigenvalue weighted by atomic mass is 16.5. The number of nitrogens with zero attached hydrogens (tertiary/aromatic N) is 1. The number of hydrogen-bond acceptors (Lipinski definition) is 4. The summed E-state index contributed by atoms with van der Waals surface area (Å²) in [5, 5.41) is 4.20. The summed E-state index contributed by atoms with van der Waals surface area (Å²) in [5.74, 6) is -0.274. The first-order valence-corrected chi connectivity index (χ1v) is 7.23. The van der Waals surface area contributed by atoms with Gasteiger partial charge in [-0.2, -0.15) is 0 Å². The third-order valence-electron chi connectivity index (χ3n) is 3.06. The van der Waals surface area contributed by atoms with Crippen LogP contribution < -0.4 is 15.8 Å². The van der Waals surface area contributed by atoms with Crippen LogP contribution in [0.1, 0.15) is 17.3 Å². The van der Waals surface area contributed by atoms with Gasteiger partial charge in [-0.15, -0.1) is 0 Å². The molecule has 0 fully saturated rings. The molecule has 0 radical (unpaired) electrons. The SMILES string of the molecule is CCOC(=O)Nc1cccc(C(=O)NN(C)c2ccccc2)c1. The topological polar surface area (TPSA) is 70.7 Å². The average Bonchev–Trinajstić information content (AvgIpc) is 2.56. The molecule has 2 rings (SSSR count). The summed E-state index contributed by atoms with van der Waals surface area (Å²) >= 11 is 0. The van der Waals surface area contributed by atoms with Crippen LogP contribution in [0, 0.1) is 0 Å². The lowest BCUT2D eigenvalue weighted by atomic mass is 10.2. The number of amides is 2. The molecule has 0 heterocycles. The van der Waals surface area contributed by atoms with Crippen molar-refractivity contribution in [3.05, 3.63) is 60.2 Å². The lowest BCUT2D eigenvalue weighted by Gasteiger charge is -2.20. The minimum absolute atomic E-state index is 0.274. The Balaban J connectivity index is 2.03. The molecule has 0 aliphatic rings. The molecule has 0 aliphatic heterocycles. The molecule has 0 aliphatic carbocycles. The van der Waals surface area contributed by atoms with E-state index in [0.717, 1.165) is 5.69 Å². The van der Waals surface area contributed by atoms with Gasteiger partial charge in [0, 0.05) is 18.3 Å². The van der Waals surface area contributed by atoms with Crippen LogP contribution in [0.15, 0.2) is 54.6 Å². The zero-order chi connectivity index (χ0) is 16.7. The maximum Gasteiger partial charge on any atom is 0.411 e. The molecule has 2 N–H and O–H groups in total. The number of ether oxygens (including phenoxy) is 1. The van der Waals surface area contributed by atoms with Crippen LogP contribution in [0.4, 0.5) is 16.2 Å². The Morgan fingerprint density at radius 2 is 1.83 bits per heavy atom. The predicted octanol–water partition coefficient (Wildman–Crippen LogP) is 3.04. The quantitative estimate of drug-likeness (QED) is 0.832. The van der Waals surface area contributed by atoms with Crippen LogP contribution in [0.5, 0.6) is 0 Å². The van der Waals surface area contributed by atoms with Gasteiger partial charge in [0.2, 0.25) is 0 Å². The third-order valence-corrected chi connectivity index (χ3v) is 3.06. The summed E-state index contributed by atoms with van der Waals surface area (Å²) in [4.78, 5) is 23.7. The highest BCUT2D eigenvalue weighted by Crippen LogP contribution is 2.13. The van der Waals surface area contributed by atoms with Crippen LogP contribution in [0.3, 0.4) is 0 Å². The number of benzene rings is 2. The molecule has 0 saturated heterocycles. The second kappa shape index (κ2) is 7.84. The number of rotatable bonds is 5. The van der Waals surface area contributed by atoms with Gasteiger partial charge in [0.25, 0.3) is 5.91 Å². The van der Waals surface area contributed by atoms with Crippen molar-refractivity contribution >= 4 is 23.4 Å². The minimum atomic E-state index is -0.550. The predicted molar refractivity (Wildman–Crippen MR) is 89.4 cm³/mol. The molecule has 2 amide bonds. The van der Waals surface area contributed by atoms with Crippen molar-refractivity contribution in [1.29, 1.82) is 0 Å². The molecule has 0 saturated carbocycles. The maximum atomic E-state index is 12.3. The molecule has 6 heteroatoms. The van der Waals surface area contributed by atoms with Gasteiger partial charge in [-0.1, -0.05) is 24.3 Å². The standard InChI is InChI=1S/C17H19N3O3/c1-3-23-17(22)18-14-9-7-8-13(12-14)16(21)19-20(2)15-10-5-4-6-11-15/h4-12H,3H2,1-2H3,(H,18,22)(H,19,21). The van der Waals surface area contributed by atoms with Gasteiger partial charge in [-0.25, -0.2) is 4.79 Å². The fourth-order valence-electron chi connectivity index (χ4n) is 1.96. The molecule has 6 nitrogen and oxygen atoms in total. The molecule has 120 valence electrons. The molecular weight excluding hydrogens is 294 g/mol. The number of anilines is 2. The first-order valence-electron chi connectivity index (χ1n) is 7.23. The Hall–Kier alpha value is -3.02. The average molecular weight is 313 g/mol. The van der Waals surface area contributed by atoms with Crippen molar-refractivity contribution < 1.29 is 14.3 Å². The maximum absolute atomic E-state index is 12.3. The number of nitrogens with one attached hydrogen (secondary N) is 2. The molecular formula is C17H19N3O3. The van der Waals surface area contributed by atoms with E-state index in [9.17, 15) is 9.59 Å². The normalized spacial score (nSPS) is 9.83. The van der Waals surface area contributed by atoms with Gasteiger partial charge in [-0.3, -0.25) is 20.5 Å². The number of para-hydroxylation sites is 1. The molecule has 0 bridgehead atoms. The van der Waals surface area contributed by atoms with Crippen LogP contribution in [-0.2, 0) is 4.74 Å². The van der Waals surface area contributed by atoms with Crippen LogP contribution in [0.25, 0.3) is 0 Å². The Morgan fingerprint density at radius 3 is 2.52 bits per heavy atom. The number of hydrogen-bond donors (Lipinski definition) is 2. The van der Waals surface area contributed by atoms with E-state index in [1.807, 2.05) is 30.3 Å². The first kappa shape index (κ1) is 16.4. The van der Waals surface area contributed by atoms with Gasteiger partial charge in [-0.05, 0) is 37.3 Å². The number of carbonyl (C=O) groups excluding carboxylic acids is 2. The van der Waals surface area contributed by atoms with Gasteiger partial charge in [0.15, 0.2) is 0 Å². The van der Waals surface area contributed by atoms with Gasteiger partial charge < -0.3 is 4.74 Å². The Kier molecular flexibility index (Phi) is 5.57. The minimum Gasteiger partial charge on any atom is -0.450 e. The summed E-state index contributed by atoms with van der Waals surface area (Å²) in [5.41, 5.74) is 4.56. The summed E-state index contributed by atoms with van der Waals surface area (Å²) in [6.45, 7) is 2.01. The fraction of sp³-hybridized carbons (Fsp3) is 0.176. The zero-order valence-electron chi connectivity index (χ0n) is 13.1. The fourth-order valence-corrected chi connectivity index (χ4v) is 1.96. The highest BCUT2D eigenvalue weighted by molar-refractivity contribution is 5.97. The monoisotopic (exact) mass is 313 g/mol. The van der Waals surface area contributed by atoms with Gasteiger partial charge in [0.1, 0.15) is 0 Å². The van der Waals surface area contributed by atoms with Gasteiger partial charge >= 0.3 is 6.09 Å². The molecule has 0 atom stereocenters. The molecule has 23 heavy (non-hydrogen) atoms. The van der Waals surface area contributed by atoms with E-state index >= 15 is 0 Å². The lowest BCUT2D eigenvalue weighted by Crippen LogP contribution is -2.39. The smallest absolute Gasteiger partial charge is 0.411 e. The Morgan fingerprint density at radius 1 is 1.09 bits per heavy atom. The molecule has 0 unspecified atom stereocenters. The summed E-state index contributed by atoms with van der Waals surface area (Å²) in [6, 6.07) is 16.1. The van der Waals surface area contributed by atoms with Crippen molar-refractivity contribution in [3.8, 4) is 0 Å². The van der Waals surface area contributed by atoms with Crippen LogP contribution >= 0.6 is 0 Å². The van der Waals surface area contributed by atoms with Crippen molar-refractivity contribution in [2.75, 3.05) is 24.0 Å². The first-order chi connectivity index (χ1) is 11.1. The van der Waals surface area contributed by atoms with E-state index in [1.165, 1.54) is 0 Å². The van der Waals surface area contributed by atoms with E-state index in [-0.39, 0.29) is 12.5 Å². The van der Waals surface area contributed by atoms with Gasteiger partial charge in [0.05, 0.1) is 12.3 Å².